The molecule has 0 bridgehead atoms. The predicted molar refractivity (Wildman–Crippen MR) is 136 cm³/mol. The summed E-state index contributed by atoms with van der Waals surface area (Å²) in [7, 11) is 0. The fraction of sp³-hybridized carbons (Fsp3) is 0.444. The third-order valence-electron chi connectivity index (χ3n) is 7.74. The summed E-state index contributed by atoms with van der Waals surface area (Å²) in [5, 5.41) is 22.9. The summed E-state index contributed by atoms with van der Waals surface area (Å²) >= 11 is 0. The molecule has 2 aliphatic heterocycles. The minimum Gasteiger partial charge on any atom is -0.484 e. The van der Waals surface area contributed by atoms with Crippen LogP contribution < -0.4 is 4.74 Å². The number of hydrogen-bond acceptors (Lipinski definition) is 8. The molecule has 4 aromatic heterocycles. The van der Waals surface area contributed by atoms with Crippen LogP contribution in [-0.4, -0.2) is 66.8 Å². The second-order valence-electron chi connectivity index (χ2n) is 10.2. The molecule has 4 aromatic rings. The highest BCUT2D eigenvalue weighted by Crippen LogP contribution is 2.36. The molecule has 2 saturated heterocycles. The van der Waals surface area contributed by atoms with Gasteiger partial charge in [-0.05, 0) is 38.8 Å². The molecule has 0 saturated carbocycles. The molecule has 6 heterocycles. The number of alkyl halides is 3. The summed E-state index contributed by atoms with van der Waals surface area (Å²) in [6, 6.07) is 5.58. The van der Waals surface area contributed by atoms with Gasteiger partial charge in [-0.15, -0.1) is 5.10 Å². The molecule has 0 spiro atoms. The molecular formula is C27H27F3N8O2. The van der Waals surface area contributed by atoms with Crippen molar-refractivity contribution < 1.29 is 22.6 Å². The Morgan fingerprint density at radius 2 is 1.90 bits per heavy atom. The van der Waals surface area contributed by atoms with E-state index in [0.29, 0.717) is 28.6 Å². The molecule has 2 aliphatic rings. The maximum absolute atomic E-state index is 13.3. The zero-order valence-electron chi connectivity index (χ0n) is 22.0. The normalized spacial score (nSPS) is 18.0. The highest BCUT2D eigenvalue weighted by molar-refractivity contribution is 5.74. The van der Waals surface area contributed by atoms with Crippen LogP contribution in [0.2, 0.25) is 0 Å². The molecule has 6 rings (SSSR count). The average molecular weight is 553 g/mol. The molecule has 0 amide bonds. The first-order chi connectivity index (χ1) is 19.2. The molecule has 40 heavy (non-hydrogen) atoms. The highest BCUT2D eigenvalue weighted by Gasteiger charge is 2.33. The smallest absolute Gasteiger partial charge is 0.417 e. The molecule has 0 aliphatic carbocycles. The minimum absolute atomic E-state index is 0.223. The van der Waals surface area contributed by atoms with Crippen LogP contribution in [-0.2, 0) is 10.9 Å². The fourth-order valence-electron chi connectivity index (χ4n) is 5.36. The lowest BCUT2D eigenvalue weighted by atomic mass is 10.0. The van der Waals surface area contributed by atoms with Gasteiger partial charge >= 0.3 is 6.18 Å². The van der Waals surface area contributed by atoms with Gasteiger partial charge in [0.2, 0.25) is 0 Å². The van der Waals surface area contributed by atoms with Crippen molar-refractivity contribution in [3.8, 4) is 23.1 Å². The highest BCUT2D eigenvalue weighted by atomic mass is 19.4. The molecule has 0 radical (unpaired) electrons. The number of aromatic nitrogens is 6. The summed E-state index contributed by atoms with van der Waals surface area (Å²) < 4.78 is 54.8. The van der Waals surface area contributed by atoms with Crippen molar-refractivity contribution in [2.45, 2.75) is 51.1 Å². The van der Waals surface area contributed by atoms with E-state index in [4.69, 9.17) is 9.47 Å². The molecule has 1 unspecified atom stereocenters. The predicted octanol–water partition coefficient (Wildman–Crippen LogP) is 4.36. The number of piperidine rings is 1. The molecule has 208 valence electrons. The van der Waals surface area contributed by atoms with Crippen molar-refractivity contribution in [3.05, 3.63) is 59.3 Å². The minimum atomic E-state index is -4.53. The van der Waals surface area contributed by atoms with Crippen molar-refractivity contribution >= 4 is 5.52 Å². The summed E-state index contributed by atoms with van der Waals surface area (Å²) in [5.74, 6) is 0.293. The number of hydrogen-bond donors (Lipinski definition) is 0. The Morgan fingerprint density at radius 3 is 2.58 bits per heavy atom. The quantitative estimate of drug-likeness (QED) is 0.347. The second-order valence-corrected chi connectivity index (χ2v) is 10.2. The SMILES string of the molecule is Cc1c(-c2cc(OC(C)c3cncc(C(F)(F)F)c3)c3c(C#N)cnn3c2)nnn1C1CCN(C2COC2)CC1. The number of nitrogens with zero attached hydrogens (tertiary/aromatic N) is 8. The third-order valence-corrected chi connectivity index (χ3v) is 7.74. The molecule has 13 heteroatoms. The molecule has 1 atom stereocenters. The average Bonchev–Trinajstić information content (AvgIpc) is 3.51. The Balaban J connectivity index is 1.30. The van der Waals surface area contributed by atoms with Crippen LogP contribution in [0.25, 0.3) is 16.8 Å². The Morgan fingerprint density at radius 1 is 1.12 bits per heavy atom. The van der Waals surface area contributed by atoms with Gasteiger partial charge in [0.25, 0.3) is 0 Å². The number of ether oxygens (including phenoxy) is 2. The van der Waals surface area contributed by atoms with Gasteiger partial charge in [0.1, 0.15) is 34.7 Å². The molecular weight excluding hydrogens is 525 g/mol. The van der Waals surface area contributed by atoms with Crippen LogP contribution >= 0.6 is 0 Å². The Bertz CT molecular complexity index is 1580. The molecule has 0 N–H and O–H groups in total. The van der Waals surface area contributed by atoms with Gasteiger partial charge < -0.3 is 9.47 Å². The van der Waals surface area contributed by atoms with Gasteiger partial charge in [-0.3, -0.25) is 9.88 Å². The maximum atomic E-state index is 13.3. The van der Waals surface area contributed by atoms with Crippen molar-refractivity contribution in [1.29, 1.82) is 5.26 Å². The van der Waals surface area contributed by atoms with Crippen LogP contribution in [0.5, 0.6) is 5.75 Å². The van der Waals surface area contributed by atoms with Gasteiger partial charge in [-0.2, -0.15) is 23.5 Å². The van der Waals surface area contributed by atoms with Crippen LogP contribution in [0.4, 0.5) is 13.2 Å². The topological polar surface area (TPSA) is 106 Å². The first-order valence-electron chi connectivity index (χ1n) is 13.1. The number of halogens is 3. The van der Waals surface area contributed by atoms with E-state index in [9.17, 15) is 18.4 Å². The zero-order valence-corrected chi connectivity index (χ0v) is 22.0. The fourth-order valence-corrected chi connectivity index (χ4v) is 5.36. The molecule has 0 aromatic carbocycles. The molecule has 10 nitrogen and oxygen atoms in total. The summed E-state index contributed by atoms with van der Waals surface area (Å²) in [6.07, 6.45) is 1.88. The van der Waals surface area contributed by atoms with E-state index in [1.165, 1.54) is 16.9 Å². The zero-order chi connectivity index (χ0) is 28.0. The number of fused-ring (bicyclic) bond motifs is 1. The Kier molecular flexibility index (Phi) is 6.67. The van der Waals surface area contributed by atoms with Crippen molar-refractivity contribution in [3.63, 3.8) is 0 Å². The number of nitriles is 1. The van der Waals surface area contributed by atoms with Crippen molar-refractivity contribution in [2.24, 2.45) is 0 Å². The standard InChI is InChI=1S/C27H27F3N8O2/c1-16-25(34-35-38(16)22-3-5-36(6-4-22)23-14-39-15-23)19-8-24(26-20(9-31)11-33-37(26)13-19)40-17(2)18-7-21(12-32-10-18)27(28,29)30/h7-8,10-13,17,22-23H,3-6,14-15H2,1-2H3. The number of rotatable bonds is 6. The van der Waals surface area contributed by atoms with E-state index in [1.807, 2.05) is 11.6 Å². The van der Waals surface area contributed by atoms with Crippen LogP contribution in [0.15, 0.2) is 36.9 Å². The largest absolute Gasteiger partial charge is 0.484 e. The lowest BCUT2D eigenvalue weighted by molar-refractivity contribution is -0.137. The molecule has 2 fully saturated rings. The van der Waals surface area contributed by atoms with E-state index in [2.05, 4.69) is 31.4 Å². The maximum Gasteiger partial charge on any atom is 0.417 e. The van der Waals surface area contributed by atoms with E-state index in [-0.39, 0.29) is 17.2 Å². The lowest BCUT2D eigenvalue weighted by Gasteiger charge is -2.41. The Labute approximate surface area is 227 Å². The Hall–Kier alpha value is -4.02. The van der Waals surface area contributed by atoms with E-state index >= 15 is 0 Å². The van der Waals surface area contributed by atoms with Gasteiger partial charge in [0, 0.05) is 42.8 Å². The summed E-state index contributed by atoms with van der Waals surface area (Å²) in [6.45, 7) is 7.15. The summed E-state index contributed by atoms with van der Waals surface area (Å²) in [5.41, 5.74) is 2.27. The van der Waals surface area contributed by atoms with Gasteiger partial charge in [-0.25, -0.2) is 9.20 Å². The van der Waals surface area contributed by atoms with Crippen LogP contribution in [0.3, 0.4) is 0 Å². The van der Waals surface area contributed by atoms with Gasteiger partial charge in [-0.1, -0.05) is 5.21 Å². The number of likely N-dealkylation sites (tertiary alicyclic amines) is 1. The van der Waals surface area contributed by atoms with Gasteiger partial charge in [0.05, 0.1) is 42.8 Å². The second kappa shape index (κ2) is 10.2. The first-order valence-corrected chi connectivity index (χ1v) is 13.1. The number of pyridine rings is 2. The van der Waals surface area contributed by atoms with E-state index in [0.717, 1.165) is 57.1 Å². The van der Waals surface area contributed by atoms with Crippen molar-refractivity contribution in [1.82, 2.24) is 34.5 Å². The monoisotopic (exact) mass is 552 g/mol. The third kappa shape index (κ3) is 4.77. The van der Waals surface area contributed by atoms with Crippen LogP contribution in [0, 0.1) is 18.3 Å². The first kappa shape index (κ1) is 26.2. The van der Waals surface area contributed by atoms with E-state index in [1.54, 1.807) is 19.2 Å². The van der Waals surface area contributed by atoms with E-state index < -0.39 is 17.8 Å². The van der Waals surface area contributed by atoms with Crippen molar-refractivity contribution in [2.75, 3.05) is 26.3 Å². The van der Waals surface area contributed by atoms with Crippen LogP contribution in [0.1, 0.15) is 54.3 Å². The van der Waals surface area contributed by atoms with Gasteiger partial charge in [0.15, 0.2) is 0 Å². The lowest BCUT2D eigenvalue weighted by Crippen LogP contribution is -2.52. The summed E-state index contributed by atoms with van der Waals surface area (Å²) in [4.78, 5) is 6.21.